The molecular formula is C12H19FN2O4. The number of methoxy groups -OCH3 is 1. The number of carbonyl (C=O) groups is 2. The van der Waals surface area contributed by atoms with Crippen LogP contribution in [-0.2, 0) is 19.2 Å². The second-order valence-corrected chi connectivity index (χ2v) is 3.67. The Morgan fingerprint density at radius 1 is 1.42 bits per heavy atom. The molecule has 0 fully saturated rings. The fraction of sp³-hybridized carbons (Fsp3) is 0.583. The summed E-state index contributed by atoms with van der Waals surface area (Å²) < 4.78 is 18.0. The first-order valence-corrected chi connectivity index (χ1v) is 5.76. The SMILES string of the molecule is CO/N=C(/C)N(C=O)C/C(F)=C\CCCC(=O)OC. The lowest BCUT2D eigenvalue weighted by Gasteiger charge is -2.14. The summed E-state index contributed by atoms with van der Waals surface area (Å²) in [5.74, 6) is -0.537. The second kappa shape index (κ2) is 10.0. The monoisotopic (exact) mass is 274 g/mol. The van der Waals surface area contributed by atoms with E-state index in [1.54, 1.807) is 0 Å². The van der Waals surface area contributed by atoms with Gasteiger partial charge >= 0.3 is 5.97 Å². The Morgan fingerprint density at radius 3 is 2.63 bits per heavy atom. The van der Waals surface area contributed by atoms with Gasteiger partial charge in [-0.2, -0.15) is 0 Å². The van der Waals surface area contributed by atoms with Crippen molar-refractivity contribution < 1.29 is 23.6 Å². The van der Waals surface area contributed by atoms with Crippen LogP contribution in [0.5, 0.6) is 0 Å². The number of nitrogens with zero attached hydrogens (tertiary/aromatic N) is 2. The Bertz CT molecular complexity index is 356. The van der Waals surface area contributed by atoms with E-state index < -0.39 is 5.83 Å². The van der Waals surface area contributed by atoms with Crippen LogP contribution in [0, 0.1) is 0 Å². The summed E-state index contributed by atoms with van der Waals surface area (Å²) in [7, 11) is 2.64. The van der Waals surface area contributed by atoms with E-state index >= 15 is 0 Å². The number of unbranched alkanes of at least 4 members (excludes halogenated alkanes) is 1. The molecule has 1 amide bonds. The molecule has 0 aliphatic carbocycles. The Hall–Kier alpha value is -1.92. The standard InChI is InChI=1S/C12H19FN2O4/c1-10(14-19-3)15(9-16)8-11(13)6-4-5-7-12(17)18-2/h6,9H,4-5,7-8H2,1-3H3/b11-6+,14-10-. The first-order chi connectivity index (χ1) is 9.04. The second-order valence-electron chi connectivity index (χ2n) is 3.67. The quantitative estimate of drug-likeness (QED) is 0.168. The number of ether oxygens (including phenoxy) is 1. The Labute approximate surface area is 111 Å². The average molecular weight is 274 g/mol. The van der Waals surface area contributed by atoms with Gasteiger partial charge < -0.3 is 9.57 Å². The third-order valence-electron chi connectivity index (χ3n) is 2.27. The molecule has 0 bridgehead atoms. The predicted octanol–water partition coefficient (Wildman–Crippen LogP) is 1.62. The third kappa shape index (κ3) is 7.91. The maximum absolute atomic E-state index is 13.5. The highest BCUT2D eigenvalue weighted by molar-refractivity contribution is 5.88. The van der Waals surface area contributed by atoms with Gasteiger partial charge in [0.1, 0.15) is 18.8 Å². The number of allylic oxidation sites excluding steroid dienone is 1. The molecule has 19 heavy (non-hydrogen) atoms. The lowest BCUT2D eigenvalue weighted by Crippen LogP contribution is -2.29. The molecule has 0 aromatic carbocycles. The average Bonchev–Trinajstić information content (AvgIpc) is 2.40. The van der Waals surface area contributed by atoms with Gasteiger partial charge in [-0.1, -0.05) is 11.2 Å². The zero-order valence-electron chi connectivity index (χ0n) is 11.4. The van der Waals surface area contributed by atoms with Crippen LogP contribution in [0.4, 0.5) is 4.39 Å². The van der Waals surface area contributed by atoms with E-state index in [1.165, 1.54) is 27.2 Å². The molecule has 0 aliphatic rings. The maximum Gasteiger partial charge on any atom is 0.305 e. The lowest BCUT2D eigenvalue weighted by atomic mass is 10.2. The maximum atomic E-state index is 13.5. The molecule has 0 aromatic rings. The molecule has 108 valence electrons. The van der Waals surface area contributed by atoms with Crippen LogP contribution in [0.2, 0.25) is 0 Å². The number of amidine groups is 1. The summed E-state index contributed by atoms with van der Waals surface area (Å²) in [5, 5.41) is 3.54. The van der Waals surface area contributed by atoms with E-state index in [0.717, 1.165) is 4.90 Å². The van der Waals surface area contributed by atoms with Gasteiger partial charge in [-0.3, -0.25) is 14.5 Å². The number of halogens is 1. The van der Waals surface area contributed by atoms with E-state index in [9.17, 15) is 14.0 Å². The van der Waals surface area contributed by atoms with Crippen LogP contribution in [0.3, 0.4) is 0 Å². The van der Waals surface area contributed by atoms with Crippen LogP contribution in [0.15, 0.2) is 17.1 Å². The Morgan fingerprint density at radius 2 is 2.11 bits per heavy atom. The molecule has 0 aliphatic heterocycles. The highest BCUT2D eigenvalue weighted by atomic mass is 19.1. The number of rotatable bonds is 8. The van der Waals surface area contributed by atoms with Crippen molar-refractivity contribution in [1.29, 1.82) is 0 Å². The van der Waals surface area contributed by atoms with Crippen molar-refractivity contribution in [2.45, 2.75) is 26.2 Å². The van der Waals surface area contributed by atoms with Gasteiger partial charge in [0, 0.05) is 6.42 Å². The van der Waals surface area contributed by atoms with Crippen LogP contribution in [0.1, 0.15) is 26.2 Å². The summed E-state index contributed by atoms with van der Waals surface area (Å²) in [6, 6.07) is 0. The van der Waals surface area contributed by atoms with Gasteiger partial charge in [-0.05, 0) is 19.8 Å². The molecule has 0 heterocycles. The van der Waals surface area contributed by atoms with Crippen molar-refractivity contribution in [2.75, 3.05) is 20.8 Å². The molecule has 6 nitrogen and oxygen atoms in total. The van der Waals surface area contributed by atoms with Crippen LogP contribution >= 0.6 is 0 Å². The molecule has 0 saturated carbocycles. The van der Waals surface area contributed by atoms with E-state index in [1.807, 2.05) is 0 Å². The number of carbonyl (C=O) groups excluding carboxylic acids is 2. The minimum Gasteiger partial charge on any atom is -0.469 e. The smallest absolute Gasteiger partial charge is 0.305 e. The van der Waals surface area contributed by atoms with Crippen molar-refractivity contribution >= 4 is 18.2 Å². The number of hydrogen-bond donors (Lipinski definition) is 0. The summed E-state index contributed by atoms with van der Waals surface area (Å²) in [4.78, 5) is 27.1. The Kier molecular flexibility index (Phi) is 9.03. The lowest BCUT2D eigenvalue weighted by molar-refractivity contribution is -0.140. The minimum atomic E-state index is -0.470. The molecule has 0 atom stereocenters. The fourth-order valence-electron chi connectivity index (χ4n) is 1.25. The molecule has 7 heteroatoms. The topological polar surface area (TPSA) is 68.2 Å². The van der Waals surface area contributed by atoms with Gasteiger partial charge in [0.25, 0.3) is 0 Å². The van der Waals surface area contributed by atoms with Crippen molar-refractivity contribution in [3.63, 3.8) is 0 Å². The molecule has 0 rings (SSSR count). The fourth-order valence-corrected chi connectivity index (χ4v) is 1.25. The highest BCUT2D eigenvalue weighted by Gasteiger charge is 2.09. The Balaban J connectivity index is 4.19. The van der Waals surface area contributed by atoms with Crippen molar-refractivity contribution in [2.24, 2.45) is 5.16 Å². The summed E-state index contributed by atoms with van der Waals surface area (Å²) in [6.07, 6.45) is 2.93. The zero-order valence-corrected chi connectivity index (χ0v) is 11.4. The molecule has 0 spiro atoms. The van der Waals surface area contributed by atoms with Crippen molar-refractivity contribution in [1.82, 2.24) is 4.90 Å². The summed E-state index contributed by atoms with van der Waals surface area (Å²) in [6.45, 7) is 1.32. The summed E-state index contributed by atoms with van der Waals surface area (Å²) in [5.41, 5.74) is 0. The van der Waals surface area contributed by atoms with Crippen molar-refractivity contribution in [3.8, 4) is 0 Å². The number of hydrogen-bond acceptors (Lipinski definition) is 5. The molecule has 0 unspecified atom stereocenters. The van der Waals surface area contributed by atoms with Gasteiger partial charge in [-0.25, -0.2) is 4.39 Å². The van der Waals surface area contributed by atoms with Crippen molar-refractivity contribution in [3.05, 3.63) is 11.9 Å². The van der Waals surface area contributed by atoms with Crippen LogP contribution in [0.25, 0.3) is 0 Å². The van der Waals surface area contributed by atoms with Crippen LogP contribution < -0.4 is 0 Å². The largest absolute Gasteiger partial charge is 0.469 e. The van der Waals surface area contributed by atoms with Crippen LogP contribution in [-0.4, -0.2) is 43.9 Å². The highest BCUT2D eigenvalue weighted by Crippen LogP contribution is 2.06. The number of esters is 1. The minimum absolute atomic E-state index is 0.208. The van der Waals surface area contributed by atoms with Gasteiger partial charge in [0.15, 0.2) is 0 Å². The number of oxime groups is 1. The summed E-state index contributed by atoms with van der Waals surface area (Å²) >= 11 is 0. The number of amides is 1. The van der Waals surface area contributed by atoms with E-state index in [2.05, 4.69) is 14.7 Å². The molecule has 0 N–H and O–H groups in total. The first-order valence-electron chi connectivity index (χ1n) is 5.76. The third-order valence-corrected chi connectivity index (χ3v) is 2.27. The van der Waals surface area contributed by atoms with E-state index in [-0.39, 0.29) is 24.8 Å². The van der Waals surface area contributed by atoms with E-state index in [0.29, 0.717) is 19.3 Å². The van der Waals surface area contributed by atoms with E-state index in [4.69, 9.17) is 0 Å². The predicted molar refractivity (Wildman–Crippen MR) is 67.9 cm³/mol. The molecular weight excluding hydrogens is 255 g/mol. The van der Waals surface area contributed by atoms with Gasteiger partial charge in [-0.15, -0.1) is 0 Å². The molecule has 0 radical (unpaired) electrons. The normalized spacial score (nSPS) is 12.0. The van der Waals surface area contributed by atoms with Gasteiger partial charge in [0.2, 0.25) is 6.41 Å². The molecule has 0 aromatic heterocycles. The zero-order chi connectivity index (χ0) is 14.7. The van der Waals surface area contributed by atoms with Gasteiger partial charge in [0.05, 0.1) is 13.7 Å². The molecule has 0 saturated heterocycles. The first kappa shape index (κ1) is 17.1.